The van der Waals surface area contributed by atoms with Crippen LogP contribution in [0.3, 0.4) is 0 Å². The molecule has 0 aliphatic heterocycles. The zero-order valence-corrected chi connectivity index (χ0v) is 12.1. The predicted octanol–water partition coefficient (Wildman–Crippen LogP) is 2.00. The molecule has 0 aliphatic carbocycles. The number of carbonyl (C=O) groups excluding carboxylic acids is 1. The van der Waals surface area contributed by atoms with Gasteiger partial charge in [-0.2, -0.15) is 9.61 Å². The minimum absolute atomic E-state index is 0.0538. The van der Waals surface area contributed by atoms with E-state index in [0.717, 1.165) is 11.0 Å². The molecule has 0 amide bonds. The molecule has 6 heteroatoms. The summed E-state index contributed by atoms with van der Waals surface area (Å²) in [6.45, 7) is 0. The van der Waals surface area contributed by atoms with E-state index in [0.29, 0.717) is 11.3 Å². The molecule has 2 aromatic heterocycles. The van der Waals surface area contributed by atoms with Crippen molar-refractivity contribution in [2.45, 2.75) is 6.42 Å². The van der Waals surface area contributed by atoms with E-state index in [1.165, 1.54) is 0 Å². The van der Waals surface area contributed by atoms with Crippen molar-refractivity contribution in [1.82, 2.24) is 19.6 Å². The first-order valence-corrected chi connectivity index (χ1v) is 7.17. The number of nitrogens with zero attached hydrogens (tertiary/aromatic N) is 3. The molecule has 0 bridgehead atoms. The minimum Gasteiger partial charge on any atom is -0.294 e. The van der Waals surface area contributed by atoms with Crippen molar-refractivity contribution in [3.05, 3.63) is 76.2 Å². The highest BCUT2D eigenvalue weighted by molar-refractivity contribution is 5.97. The molecule has 1 N–H and O–H groups in total. The highest BCUT2D eigenvalue weighted by atomic mass is 16.1. The maximum atomic E-state index is 12.3. The van der Waals surface area contributed by atoms with Gasteiger partial charge >= 0.3 is 0 Å². The lowest BCUT2D eigenvalue weighted by Gasteiger charge is -2.01. The summed E-state index contributed by atoms with van der Waals surface area (Å²) in [6.07, 6.45) is -0.0538. The third kappa shape index (κ3) is 2.30. The average Bonchev–Trinajstić information content (AvgIpc) is 2.93. The Bertz CT molecular complexity index is 1080. The molecule has 0 atom stereocenters. The maximum Gasteiger partial charge on any atom is 0.274 e. The first-order valence-electron chi connectivity index (χ1n) is 7.17. The van der Waals surface area contributed by atoms with Crippen molar-refractivity contribution in [3.63, 3.8) is 0 Å². The van der Waals surface area contributed by atoms with Gasteiger partial charge in [0, 0.05) is 5.56 Å². The van der Waals surface area contributed by atoms with Gasteiger partial charge in [0.25, 0.3) is 5.56 Å². The fourth-order valence-corrected chi connectivity index (χ4v) is 2.53. The van der Waals surface area contributed by atoms with Crippen molar-refractivity contribution in [3.8, 4) is 0 Å². The summed E-state index contributed by atoms with van der Waals surface area (Å²) in [5.41, 5.74) is 1.87. The molecule has 0 radical (unpaired) electrons. The van der Waals surface area contributed by atoms with Crippen LogP contribution in [0.25, 0.3) is 16.8 Å². The molecule has 0 spiro atoms. The van der Waals surface area contributed by atoms with Crippen LogP contribution in [0.15, 0.2) is 59.4 Å². The molecule has 0 saturated carbocycles. The SMILES string of the molecule is O=C(Cc1nn2c(nc3ccccc32)[nH]c1=O)c1ccccc1. The number of nitrogens with one attached hydrogen (secondary N) is 1. The molecule has 0 fully saturated rings. The van der Waals surface area contributed by atoms with E-state index in [2.05, 4.69) is 15.1 Å². The Labute approximate surface area is 130 Å². The molecule has 4 aromatic rings. The standard InChI is InChI=1S/C17H12N4O2/c22-15(11-6-2-1-3-7-11)10-13-16(23)19-17-18-12-8-4-5-9-14(12)21(17)20-13/h1-9H,10H2,(H,18,19,23). The number of H-pyrrole nitrogens is 1. The molecule has 112 valence electrons. The van der Waals surface area contributed by atoms with Crippen LogP contribution in [0.5, 0.6) is 0 Å². The molecule has 0 aliphatic rings. The van der Waals surface area contributed by atoms with E-state index in [1.54, 1.807) is 28.8 Å². The summed E-state index contributed by atoms with van der Waals surface area (Å²) in [6, 6.07) is 16.3. The summed E-state index contributed by atoms with van der Waals surface area (Å²) in [7, 11) is 0. The molecule has 4 rings (SSSR count). The van der Waals surface area contributed by atoms with Crippen LogP contribution in [0.2, 0.25) is 0 Å². The first-order chi connectivity index (χ1) is 11.2. The second kappa shape index (κ2) is 5.17. The topological polar surface area (TPSA) is 80.1 Å². The van der Waals surface area contributed by atoms with E-state index >= 15 is 0 Å². The van der Waals surface area contributed by atoms with Crippen LogP contribution >= 0.6 is 0 Å². The van der Waals surface area contributed by atoms with Crippen LogP contribution < -0.4 is 5.56 Å². The van der Waals surface area contributed by atoms with E-state index in [-0.39, 0.29) is 17.9 Å². The summed E-state index contributed by atoms with van der Waals surface area (Å²) < 4.78 is 1.56. The number of aromatic amines is 1. The Morgan fingerprint density at radius 2 is 1.78 bits per heavy atom. The zero-order chi connectivity index (χ0) is 15.8. The molecule has 2 heterocycles. The van der Waals surface area contributed by atoms with Crippen molar-refractivity contribution in [2.24, 2.45) is 0 Å². The van der Waals surface area contributed by atoms with Crippen molar-refractivity contribution in [2.75, 3.05) is 0 Å². The Kier molecular flexibility index (Phi) is 3.01. The van der Waals surface area contributed by atoms with Gasteiger partial charge in [-0.25, -0.2) is 4.98 Å². The monoisotopic (exact) mass is 304 g/mol. The average molecular weight is 304 g/mol. The number of hydrogen-bond donors (Lipinski definition) is 1. The Morgan fingerprint density at radius 1 is 1.04 bits per heavy atom. The number of imidazole rings is 1. The van der Waals surface area contributed by atoms with Crippen molar-refractivity contribution >= 4 is 22.6 Å². The maximum absolute atomic E-state index is 12.3. The molecule has 23 heavy (non-hydrogen) atoms. The zero-order valence-electron chi connectivity index (χ0n) is 12.1. The Balaban J connectivity index is 1.81. The summed E-state index contributed by atoms with van der Waals surface area (Å²) in [5.74, 6) is 0.222. The second-order valence-electron chi connectivity index (χ2n) is 5.20. The van der Waals surface area contributed by atoms with Gasteiger partial charge in [-0.3, -0.25) is 14.6 Å². The highest BCUT2D eigenvalue weighted by Gasteiger charge is 2.14. The summed E-state index contributed by atoms with van der Waals surface area (Å²) in [4.78, 5) is 31.4. The molecule has 0 unspecified atom stereocenters. The first kappa shape index (κ1) is 13.4. The van der Waals surface area contributed by atoms with Crippen LogP contribution in [0.4, 0.5) is 0 Å². The molecule has 0 saturated heterocycles. The molecule has 2 aromatic carbocycles. The van der Waals surface area contributed by atoms with Crippen molar-refractivity contribution in [1.29, 1.82) is 0 Å². The highest BCUT2D eigenvalue weighted by Crippen LogP contribution is 2.13. The predicted molar refractivity (Wildman–Crippen MR) is 85.6 cm³/mol. The second-order valence-corrected chi connectivity index (χ2v) is 5.20. The third-order valence-corrected chi connectivity index (χ3v) is 3.67. The van der Waals surface area contributed by atoms with Crippen LogP contribution in [0.1, 0.15) is 16.1 Å². The fourth-order valence-electron chi connectivity index (χ4n) is 2.53. The summed E-state index contributed by atoms with van der Waals surface area (Å²) >= 11 is 0. The lowest BCUT2D eigenvalue weighted by molar-refractivity contribution is 0.0991. The number of Topliss-reactive ketones (excluding diaryl/α,β-unsaturated/α-hetero) is 1. The van der Waals surface area contributed by atoms with Gasteiger partial charge in [0.05, 0.1) is 17.5 Å². The van der Waals surface area contributed by atoms with Gasteiger partial charge in [-0.05, 0) is 12.1 Å². The van der Waals surface area contributed by atoms with Gasteiger partial charge in [-0.1, -0.05) is 42.5 Å². The van der Waals surface area contributed by atoms with E-state index in [1.807, 2.05) is 30.3 Å². The normalized spacial score (nSPS) is 11.1. The number of benzene rings is 2. The van der Waals surface area contributed by atoms with E-state index in [4.69, 9.17) is 0 Å². The van der Waals surface area contributed by atoms with Gasteiger partial charge < -0.3 is 0 Å². The number of aromatic nitrogens is 4. The number of ketones is 1. The molecular weight excluding hydrogens is 292 g/mol. The lowest BCUT2D eigenvalue weighted by atomic mass is 10.1. The number of hydrogen-bond acceptors (Lipinski definition) is 4. The third-order valence-electron chi connectivity index (χ3n) is 3.67. The number of carbonyl (C=O) groups is 1. The summed E-state index contributed by atoms with van der Waals surface area (Å²) in [5, 5.41) is 4.32. The van der Waals surface area contributed by atoms with Gasteiger partial charge in [0.2, 0.25) is 5.78 Å². The van der Waals surface area contributed by atoms with Crippen LogP contribution in [-0.2, 0) is 6.42 Å². The molecular formula is C17H12N4O2. The van der Waals surface area contributed by atoms with Gasteiger partial charge in [-0.15, -0.1) is 0 Å². The lowest BCUT2D eigenvalue weighted by Crippen LogP contribution is -2.21. The number of rotatable bonds is 3. The molecule has 6 nitrogen and oxygen atoms in total. The largest absolute Gasteiger partial charge is 0.294 e. The van der Waals surface area contributed by atoms with Crippen LogP contribution in [0, 0.1) is 0 Å². The quantitative estimate of drug-likeness (QED) is 0.587. The van der Waals surface area contributed by atoms with Crippen LogP contribution in [-0.4, -0.2) is 25.4 Å². The van der Waals surface area contributed by atoms with E-state index < -0.39 is 5.56 Å². The fraction of sp³-hybridized carbons (Fsp3) is 0.0588. The van der Waals surface area contributed by atoms with Gasteiger partial charge in [0.15, 0.2) is 5.78 Å². The minimum atomic E-state index is -0.392. The Morgan fingerprint density at radius 3 is 2.61 bits per heavy atom. The van der Waals surface area contributed by atoms with Gasteiger partial charge in [0.1, 0.15) is 5.69 Å². The smallest absolute Gasteiger partial charge is 0.274 e. The van der Waals surface area contributed by atoms with E-state index in [9.17, 15) is 9.59 Å². The van der Waals surface area contributed by atoms with Crippen molar-refractivity contribution < 1.29 is 4.79 Å². The number of para-hydroxylation sites is 2. The number of fused-ring (bicyclic) bond motifs is 3. The Hall–Kier alpha value is -3.28.